The van der Waals surface area contributed by atoms with Crippen LogP contribution in [0.3, 0.4) is 0 Å². The molecule has 6 nitrogen and oxygen atoms in total. The van der Waals surface area contributed by atoms with E-state index >= 15 is 0 Å². The van der Waals surface area contributed by atoms with E-state index in [4.69, 9.17) is 8.94 Å². The van der Waals surface area contributed by atoms with Crippen LogP contribution >= 0.6 is 0 Å². The number of carbonyl (C=O) groups is 1. The number of aryl methyl sites for hydroxylation is 1. The summed E-state index contributed by atoms with van der Waals surface area (Å²) >= 11 is 0. The summed E-state index contributed by atoms with van der Waals surface area (Å²) in [5.41, 5.74) is 0.920. The number of furan rings is 1. The van der Waals surface area contributed by atoms with Crippen LogP contribution in [0, 0.1) is 6.92 Å². The van der Waals surface area contributed by atoms with Gasteiger partial charge >= 0.3 is 0 Å². The van der Waals surface area contributed by atoms with E-state index in [1.54, 1.807) is 6.26 Å². The Labute approximate surface area is 153 Å². The van der Waals surface area contributed by atoms with Crippen molar-refractivity contribution in [2.75, 3.05) is 0 Å². The minimum atomic E-state index is -0.0805. The smallest absolute Gasteiger partial charge is 0.295 e. The van der Waals surface area contributed by atoms with Gasteiger partial charge in [-0.05, 0) is 38.7 Å². The van der Waals surface area contributed by atoms with Gasteiger partial charge in [0.2, 0.25) is 0 Å². The van der Waals surface area contributed by atoms with Crippen LogP contribution < -0.4 is 0 Å². The Morgan fingerprint density at radius 1 is 1.04 bits per heavy atom. The molecule has 2 aliphatic rings. The Kier molecular flexibility index (Phi) is 5.09. The van der Waals surface area contributed by atoms with Crippen LogP contribution in [-0.2, 0) is 0 Å². The van der Waals surface area contributed by atoms with Gasteiger partial charge in [-0.25, -0.2) is 0 Å². The molecule has 0 aromatic carbocycles. The molecule has 0 spiro atoms. The number of amides is 1. The van der Waals surface area contributed by atoms with Gasteiger partial charge in [0.05, 0.1) is 6.26 Å². The third-order valence-corrected chi connectivity index (χ3v) is 5.84. The minimum Gasteiger partial charge on any atom is -0.459 e. The Hall–Kier alpha value is -2.11. The summed E-state index contributed by atoms with van der Waals surface area (Å²) in [6.45, 7) is 1.92. The average Bonchev–Trinajstić information content (AvgIpc) is 3.32. The normalized spacial score (nSPS) is 19.6. The lowest BCUT2D eigenvalue weighted by atomic mass is 9.88. The van der Waals surface area contributed by atoms with Gasteiger partial charge in [0.15, 0.2) is 5.76 Å². The highest BCUT2D eigenvalue weighted by Crippen LogP contribution is 2.31. The molecule has 2 aromatic rings. The van der Waals surface area contributed by atoms with Crippen molar-refractivity contribution < 1.29 is 13.7 Å². The fraction of sp³-hybridized carbons (Fsp3) is 0.650. The lowest BCUT2D eigenvalue weighted by Crippen LogP contribution is -2.49. The van der Waals surface area contributed by atoms with Crippen LogP contribution in [0.1, 0.15) is 80.4 Å². The topological polar surface area (TPSA) is 72.4 Å². The number of nitrogens with zero attached hydrogens (tertiary/aromatic N) is 3. The molecule has 2 aromatic heterocycles. The van der Waals surface area contributed by atoms with E-state index in [0.29, 0.717) is 17.8 Å². The molecule has 0 aliphatic heterocycles. The van der Waals surface area contributed by atoms with E-state index < -0.39 is 0 Å². The van der Waals surface area contributed by atoms with E-state index in [9.17, 15) is 4.79 Å². The molecular weight excluding hydrogens is 330 g/mol. The largest absolute Gasteiger partial charge is 0.459 e. The molecule has 0 saturated heterocycles. The molecule has 2 aliphatic carbocycles. The van der Waals surface area contributed by atoms with Crippen molar-refractivity contribution in [3.63, 3.8) is 0 Å². The predicted molar refractivity (Wildman–Crippen MR) is 96.7 cm³/mol. The highest BCUT2D eigenvalue weighted by atomic mass is 16.5. The molecule has 0 bridgehead atoms. The maximum atomic E-state index is 13.3. The first-order valence-electron chi connectivity index (χ1n) is 9.95. The fourth-order valence-electron chi connectivity index (χ4n) is 4.46. The van der Waals surface area contributed by atoms with Gasteiger partial charge < -0.3 is 13.8 Å². The highest BCUT2D eigenvalue weighted by Gasteiger charge is 2.35. The Bertz CT molecular complexity index is 721. The van der Waals surface area contributed by atoms with Gasteiger partial charge in [0, 0.05) is 17.6 Å². The minimum absolute atomic E-state index is 0.0805. The van der Waals surface area contributed by atoms with Crippen LogP contribution in [0.5, 0.6) is 0 Å². The zero-order chi connectivity index (χ0) is 17.9. The molecule has 26 heavy (non-hydrogen) atoms. The fourth-order valence-corrected chi connectivity index (χ4v) is 4.46. The summed E-state index contributed by atoms with van der Waals surface area (Å²) in [5.74, 6) is 0.900. The Morgan fingerprint density at radius 2 is 1.65 bits per heavy atom. The zero-order valence-electron chi connectivity index (χ0n) is 15.4. The standard InChI is InChI=1S/C20H27N3O3/c1-14-12-13-25-17(14)19-21-18(22-26-19)20(24)23(15-8-4-2-5-9-15)16-10-6-3-7-11-16/h12-13,15-16H,2-11H2,1H3. The van der Waals surface area contributed by atoms with Gasteiger partial charge in [-0.2, -0.15) is 4.98 Å². The molecule has 2 fully saturated rings. The van der Waals surface area contributed by atoms with E-state index in [2.05, 4.69) is 15.0 Å². The second-order valence-corrected chi connectivity index (χ2v) is 7.65. The number of rotatable bonds is 4. The van der Waals surface area contributed by atoms with Crippen LogP contribution in [0.25, 0.3) is 11.7 Å². The van der Waals surface area contributed by atoms with Crippen LogP contribution in [0.2, 0.25) is 0 Å². The van der Waals surface area contributed by atoms with Gasteiger partial charge in [0.25, 0.3) is 17.6 Å². The maximum absolute atomic E-state index is 13.3. The molecule has 4 rings (SSSR count). The molecule has 1 amide bonds. The maximum Gasteiger partial charge on any atom is 0.295 e. The lowest BCUT2D eigenvalue weighted by molar-refractivity contribution is 0.0433. The molecule has 140 valence electrons. The number of carbonyl (C=O) groups excluding carboxylic acids is 1. The number of hydrogen-bond acceptors (Lipinski definition) is 5. The van der Waals surface area contributed by atoms with E-state index in [0.717, 1.165) is 31.2 Å². The van der Waals surface area contributed by atoms with Crippen molar-refractivity contribution in [3.05, 3.63) is 23.7 Å². The summed E-state index contributed by atoms with van der Waals surface area (Å²) in [4.78, 5) is 19.8. The SMILES string of the molecule is Cc1ccoc1-c1nc(C(=O)N(C2CCCCC2)C2CCCCC2)no1. The quantitative estimate of drug-likeness (QED) is 0.790. The number of aromatic nitrogens is 2. The van der Waals surface area contributed by atoms with Gasteiger partial charge in [0.1, 0.15) is 0 Å². The molecular formula is C20H27N3O3. The van der Waals surface area contributed by atoms with Gasteiger partial charge in [-0.3, -0.25) is 4.79 Å². The molecule has 0 radical (unpaired) electrons. The van der Waals surface area contributed by atoms with Crippen molar-refractivity contribution in [1.82, 2.24) is 15.0 Å². The average molecular weight is 357 g/mol. The summed E-state index contributed by atoms with van der Waals surface area (Å²) in [7, 11) is 0. The van der Waals surface area contributed by atoms with Crippen molar-refractivity contribution in [2.24, 2.45) is 0 Å². The van der Waals surface area contributed by atoms with Crippen LogP contribution in [0.4, 0.5) is 0 Å². The molecule has 2 saturated carbocycles. The van der Waals surface area contributed by atoms with E-state index in [1.807, 2.05) is 13.0 Å². The monoisotopic (exact) mass is 357 g/mol. The number of hydrogen-bond donors (Lipinski definition) is 0. The van der Waals surface area contributed by atoms with E-state index in [1.165, 1.54) is 38.5 Å². The molecule has 2 heterocycles. The second-order valence-electron chi connectivity index (χ2n) is 7.65. The molecule has 6 heteroatoms. The highest BCUT2D eigenvalue weighted by molar-refractivity contribution is 5.91. The van der Waals surface area contributed by atoms with Crippen molar-refractivity contribution in [2.45, 2.75) is 83.2 Å². The van der Waals surface area contributed by atoms with Gasteiger partial charge in [-0.15, -0.1) is 0 Å². The van der Waals surface area contributed by atoms with Crippen molar-refractivity contribution >= 4 is 5.91 Å². The predicted octanol–water partition coefficient (Wildman–Crippen LogP) is 4.75. The van der Waals surface area contributed by atoms with Crippen molar-refractivity contribution in [1.29, 1.82) is 0 Å². The van der Waals surface area contributed by atoms with Crippen LogP contribution in [-0.4, -0.2) is 33.0 Å². The van der Waals surface area contributed by atoms with Gasteiger partial charge in [-0.1, -0.05) is 43.7 Å². The van der Waals surface area contributed by atoms with Crippen molar-refractivity contribution in [3.8, 4) is 11.7 Å². The first-order chi connectivity index (χ1) is 12.7. The Morgan fingerprint density at radius 3 is 2.19 bits per heavy atom. The first-order valence-corrected chi connectivity index (χ1v) is 9.95. The van der Waals surface area contributed by atoms with Crippen LogP contribution in [0.15, 0.2) is 21.3 Å². The Balaban J connectivity index is 1.59. The van der Waals surface area contributed by atoms with E-state index in [-0.39, 0.29) is 17.6 Å². The lowest BCUT2D eigenvalue weighted by Gasteiger charge is -2.41. The molecule has 0 N–H and O–H groups in total. The third-order valence-electron chi connectivity index (χ3n) is 5.84. The third kappa shape index (κ3) is 3.41. The first kappa shape index (κ1) is 17.3. The summed E-state index contributed by atoms with van der Waals surface area (Å²) in [5, 5.41) is 3.99. The second kappa shape index (κ2) is 7.64. The molecule has 0 unspecified atom stereocenters. The summed E-state index contributed by atoms with van der Waals surface area (Å²) in [6.07, 6.45) is 13.3. The summed E-state index contributed by atoms with van der Waals surface area (Å²) in [6, 6.07) is 2.47. The summed E-state index contributed by atoms with van der Waals surface area (Å²) < 4.78 is 10.7. The zero-order valence-corrected chi connectivity index (χ0v) is 15.4. The molecule has 0 atom stereocenters.